The van der Waals surface area contributed by atoms with Gasteiger partial charge in [0.2, 0.25) is 0 Å². The van der Waals surface area contributed by atoms with Crippen LogP contribution in [-0.2, 0) is 4.79 Å². The Hall–Kier alpha value is -0.570. The van der Waals surface area contributed by atoms with Crippen LogP contribution in [0.4, 0.5) is 0 Å². The second-order valence-corrected chi connectivity index (χ2v) is 11.0. The molecule has 2 N–H and O–H groups in total. The van der Waals surface area contributed by atoms with Crippen LogP contribution in [0, 0.1) is 46.3 Å². The topological polar surface area (TPSA) is 57.5 Å². The fourth-order valence-electron chi connectivity index (χ4n) is 8.73. The number of carboxylic acid groups (broad SMARTS) is 1. The third-order valence-corrected chi connectivity index (χ3v) is 10.1. The number of aliphatic hydroxyl groups excluding tert-OH is 1. The van der Waals surface area contributed by atoms with Crippen molar-refractivity contribution in [2.45, 2.75) is 90.9 Å². The molecule has 3 heteroatoms. The van der Waals surface area contributed by atoms with Crippen LogP contribution in [0.3, 0.4) is 0 Å². The van der Waals surface area contributed by atoms with E-state index in [0.29, 0.717) is 41.6 Å². The Bertz CT molecular complexity index is 560. The zero-order valence-corrected chi connectivity index (χ0v) is 17.5. The Kier molecular flexibility index (Phi) is 5.37. The van der Waals surface area contributed by atoms with Crippen molar-refractivity contribution < 1.29 is 15.0 Å². The van der Waals surface area contributed by atoms with E-state index >= 15 is 0 Å². The SMILES string of the molecule is C[C@]12CCCCC1C[C@H](CO)C1C2CC[C@@]2(C)C1CC[C@@H]2CCCC(=O)O. The molecule has 4 aliphatic carbocycles. The van der Waals surface area contributed by atoms with E-state index in [-0.39, 0.29) is 0 Å². The van der Waals surface area contributed by atoms with Crippen LogP contribution in [-0.4, -0.2) is 22.8 Å². The average molecular weight is 377 g/mol. The number of hydrogen-bond acceptors (Lipinski definition) is 2. The first-order valence-corrected chi connectivity index (χ1v) is 11.7. The van der Waals surface area contributed by atoms with Crippen LogP contribution in [0.1, 0.15) is 90.9 Å². The highest BCUT2D eigenvalue weighted by Gasteiger charge is 2.61. The molecular formula is C24H40O3. The quantitative estimate of drug-likeness (QED) is 0.665. The smallest absolute Gasteiger partial charge is 0.303 e. The lowest BCUT2D eigenvalue weighted by Gasteiger charge is -2.62. The van der Waals surface area contributed by atoms with E-state index < -0.39 is 5.97 Å². The highest BCUT2D eigenvalue weighted by Crippen LogP contribution is 2.69. The first-order valence-electron chi connectivity index (χ1n) is 11.7. The van der Waals surface area contributed by atoms with Crippen molar-refractivity contribution >= 4 is 5.97 Å². The Morgan fingerprint density at radius 1 is 1.00 bits per heavy atom. The summed E-state index contributed by atoms with van der Waals surface area (Å²) in [5.74, 6) is 3.65. The summed E-state index contributed by atoms with van der Waals surface area (Å²) in [5.41, 5.74) is 0.891. The van der Waals surface area contributed by atoms with Gasteiger partial charge in [0, 0.05) is 13.0 Å². The third kappa shape index (κ3) is 3.16. The van der Waals surface area contributed by atoms with Gasteiger partial charge in [0.1, 0.15) is 0 Å². The predicted octanol–water partition coefficient (Wildman–Crippen LogP) is 5.51. The van der Waals surface area contributed by atoms with Crippen molar-refractivity contribution in [3.8, 4) is 0 Å². The van der Waals surface area contributed by atoms with E-state index in [1.54, 1.807) is 0 Å². The van der Waals surface area contributed by atoms with E-state index in [9.17, 15) is 9.90 Å². The number of aliphatic hydroxyl groups is 1. The molecule has 0 aromatic carbocycles. The van der Waals surface area contributed by atoms with E-state index in [0.717, 1.165) is 30.6 Å². The van der Waals surface area contributed by atoms with Crippen molar-refractivity contribution in [3.63, 3.8) is 0 Å². The first kappa shape index (κ1) is 19.7. The number of rotatable bonds is 5. The standard InChI is InChI=1S/C24H40O3/c1-23-12-4-3-6-18(23)14-16(15-25)22-19-10-9-17(7-5-8-21(26)27)24(19,2)13-11-20(22)23/h16-20,22,25H,3-15H2,1-2H3,(H,26,27)/t16-,17+,18?,19?,20?,22?,23+,24-/m1/s1. The first-order chi connectivity index (χ1) is 12.9. The Balaban J connectivity index is 1.55. The predicted molar refractivity (Wildman–Crippen MR) is 107 cm³/mol. The molecule has 0 aromatic heterocycles. The van der Waals surface area contributed by atoms with E-state index in [4.69, 9.17) is 5.11 Å². The van der Waals surface area contributed by atoms with Gasteiger partial charge in [-0.1, -0.05) is 26.7 Å². The van der Waals surface area contributed by atoms with Crippen LogP contribution in [0.5, 0.6) is 0 Å². The summed E-state index contributed by atoms with van der Waals surface area (Å²) < 4.78 is 0. The Labute approximate surface area is 165 Å². The van der Waals surface area contributed by atoms with Gasteiger partial charge in [0.05, 0.1) is 0 Å². The summed E-state index contributed by atoms with van der Waals surface area (Å²) in [6.07, 6.45) is 14.3. The van der Waals surface area contributed by atoms with Gasteiger partial charge in [-0.05, 0) is 104 Å². The fraction of sp³-hybridized carbons (Fsp3) is 0.958. The summed E-state index contributed by atoms with van der Waals surface area (Å²) in [6, 6.07) is 0. The third-order valence-electron chi connectivity index (χ3n) is 10.1. The van der Waals surface area contributed by atoms with Gasteiger partial charge >= 0.3 is 5.97 Å². The second-order valence-electron chi connectivity index (χ2n) is 11.0. The molecule has 154 valence electrons. The highest BCUT2D eigenvalue weighted by atomic mass is 16.4. The minimum atomic E-state index is -0.651. The highest BCUT2D eigenvalue weighted by molar-refractivity contribution is 5.66. The van der Waals surface area contributed by atoms with Crippen molar-refractivity contribution in [1.82, 2.24) is 0 Å². The van der Waals surface area contributed by atoms with E-state index in [2.05, 4.69) is 13.8 Å². The van der Waals surface area contributed by atoms with Crippen molar-refractivity contribution in [3.05, 3.63) is 0 Å². The molecule has 4 aliphatic rings. The van der Waals surface area contributed by atoms with Gasteiger partial charge in [-0.15, -0.1) is 0 Å². The molecule has 8 atom stereocenters. The molecular weight excluding hydrogens is 336 g/mol. The molecule has 4 unspecified atom stereocenters. The fourth-order valence-corrected chi connectivity index (χ4v) is 8.73. The second kappa shape index (κ2) is 7.35. The lowest BCUT2D eigenvalue weighted by Crippen LogP contribution is -2.56. The molecule has 27 heavy (non-hydrogen) atoms. The Morgan fingerprint density at radius 3 is 2.52 bits per heavy atom. The molecule has 0 bridgehead atoms. The van der Waals surface area contributed by atoms with Gasteiger partial charge < -0.3 is 10.2 Å². The molecule has 4 fully saturated rings. The lowest BCUT2D eigenvalue weighted by atomic mass is 9.42. The monoisotopic (exact) mass is 376 g/mol. The molecule has 4 saturated carbocycles. The molecule has 0 radical (unpaired) electrons. The molecule has 3 nitrogen and oxygen atoms in total. The molecule has 0 amide bonds. The maximum Gasteiger partial charge on any atom is 0.303 e. The minimum Gasteiger partial charge on any atom is -0.481 e. The maximum absolute atomic E-state index is 10.9. The molecule has 0 saturated heterocycles. The van der Waals surface area contributed by atoms with Gasteiger partial charge in [0.15, 0.2) is 0 Å². The maximum atomic E-state index is 10.9. The molecule has 0 aromatic rings. The largest absolute Gasteiger partial charge is 0.481 e. The van der Waals surface area contributed by atoms with Crippen LogP contribution in [0.15, 0.2) is 0 Å². The molecule has 0 heterocycles. The number of fused-ring (bicyclic) bond motifs is 5. The normalized spacial score (nSPS) is 49.1. The number of aliphatic carboxylic acids is 1. The summed E-state index contributed by atoms with van der Waals surface area (Å²) in [7, 11) is 0. The minimum absolute atomic E-state index is 0.322. The van der Waals surface area contributed by atoms with E-state index in [1.807, 2.05) is 0 Å². The van der Waals surface area contributed by atoms with Gasteiger partial charge in [-0.3, -0.25) is 4.79 Å². The van der Waals surface area contributed by atoms with Crippen LogP contribution in [0.2, 0.25) is 0 Å². The van der Waals surface area contributed by atoms with Crippen molar-refractivity contribution in [1.29, 1.82) is 0 Å². The Morgan fingerprint density at radius 2 is 1.78 bits per heavy atom. The van der Waals surface area contributed by atoms with Crippen LogP contribution >= 0.6 is 0 Å². The lowest BCUT2D eigenvalue weighted by molar-refractivity contribution is -0.146. The van der Waals surface area contributed by atoms with Crippen LogP contribution in [0.25, 0.3) is 0 Å². The summed E-state index contributed by atoms with van der Waals surface area (Å²) in [5, 5.41) is 19.3. The van der Waals surface area contributed by atoms with Crippen LogP contribution < -0.4 is 0 Å². The molecule has 0 spiro atoms. The number of hydrogen-bond donors (Lipinski definition) is 2. The summed E-state index contributed by atoms with van der Waals surface area (Å²) >= 11 is 0. The number of carbonyl (C=O) groups is 1. The average Bonchev–Trinajstić information content (AvgIpc) is 2.97. The van der Waals surface area contributed by atoms with Gasteiger partial charge in [-0.25, -0.2) is 0 Å². The van der Waals surface area contributed by atoms with E-state index in [1.165, 1.54) is 57.8 Å². The zero-order chi connectivity index (χ0) is 19.2. The van der Waals surface area contributed by atoms with Crippen molar-refractivity contribution in [2.24, 2.45) is 46.3 Å². The number of carboxylic acids is 1. The summed E-state index contributed by atoms with van der Waals surface area (Å²) in [6.45, 7) is 5.50. The van der Waals surface area contributed by atoms with Gasteiger partial charge in [-0.2, -0.15) is 0 Å². The van der Waals surface area contributed by atoms with Crippen molar-refractivity contribution in [2.75, 3.05) is 6.61 Å². The molecule has 0 aliphatic heterocycles. The zero-order valence-electron chi connectivity index (χ0n) is 17.5. The van der Waals surface area contributed by atoms with Gasteiger partial charge in [0.25, 0.3) is 0 Å². The molecule has 4 rings (SSSR count). The summed E-state index contributed by atoms with van der Waals surface area (Å²) in [4.78, 5) is 10.9.